The molecule has 246 valence electrons. The molecule has 2 aliphatic rings. The Labute approximate surface area is 288 Å². The molecule has 4 unspecified atom stereocenters. The van der Waals surface area contributed by atoms with Gasteiger partial charge in [-0.05, 0) is 91.8 Å². The third kappa shape index (κ3) is 7.97. The summed E-state index contributed by atoms with van der Waals surface area (Å²) in [4.78, 5) is 7.93. The van der Waals surface area contributed by atoms with E-state index in [1.54, 1.807) is 52.4 Å². The van der Waals surface area contributed by atoms with Crippen molar-refractivity contribution in [1.82, 2.24) is 29.5 Å². The molecule has 3 aromatic carbocycles. The lowest BCUT2D eigenvalue weighted by molar-refractivity contribution is -0.186. The number of hydrogen-bond acceptors (Lipinski definition) is 8. The minimum atomic E-state index is -1.02. The SMILES string of the molecule is CC(C1CC1)C(O)(Cn1cncn1)c1ccc(Cl)cc1.CC1COC(Cn2cncn2)(c2ccc(Oc3ccc(Cl)cc3)cc2Cl)O1. The molecule has 0 amide bonds. The van der Waals surface area contributed by atoms with E-state index in [4.69, 9.17) is 49.0 Å². The number of hydrogen-bond donors (Lipinski definition) is 1. The van der Waals surface area contributed by atoms with Gasteiger partial charge in [0, 0.05) is 15.6 Å². The molecule has 4 atom stereocenters. The van der Waals surface area contributed by atoms with Crippen molar-refractivity contribution in [2.24, 2.45) is 11.8 Å². The van der Waals surface area contributed by atoms with E-state index in [2.05, 4.69) is 27.1 Å². The van der Waals surface area contributed by atoms with Crippen molar-refractivity contribution in [3.63, 3.8) is 0 Å². The van der Waals surface area contributed by atoms with Gasteiger partial charge in [-0.25, -0.2) is 19.3 Å². The van der Waals surface area contributed by atoms with Gasteiger partial charge in [0.25, 0.3) is 0 Å². The smallest absolute Gasteiger partial charge is 0.217 e. The van der Waals surface area contributed by atoms with Gasteiger partial charge in [-0.2, -0.15) is 10.2 Å². The van der Waals surface area contributed by atoms with E-state index in [-0.39, 0.29) is 12.0 Å². The molecule has 1 saturated heterocycles. The molecule has 7 rings (SSSR count). The zero-order valence-electron chi connectivity index (χ0n) is 25.9. The van der Waals surface area contributed by atoms with Crippen molar-refractivity contribution >= 4 is 34.8 Å². The minimum Gasteiger partial charge on any atom is -0.457 e. The molecule has 13 heteroatoms. The minimum absolute atomic E-state index is 0.0606. The topological polar surface area (TPSA) is 109 Å². The lowest BCUT2D eigenvalue weighted by atomic mass is 9.79. The molecule has 1 aliphatic carbocycles. The average molecular weight is 698 g/mol. The molecule has 0 bridgehead atoms. The van der Waals surface area contributed by atoms with E-state index < -0.39 is 11.4 Å². The average Bonchev–Trinajstić information content (AvgIpc) is 3.35. The summed E-state index contributed by atoms with van der Waals surface area (Å²) in [5.41, 5.74) is 0.656. The maximum Gasteiger partial charge on any atom is 0.217 e. The predicted molar refractivity (Wildman–Crippen MR) is 178 cm³/mol. The first-order valence-corrected chi connectivity index (χ1v) is 16.5. The van der Waals surface area contributed by atoms with Crippen LogP contribution in [0.1, 0.15) is 37.8 Å². The van der Waals surface area contributed by atoms with E-state index in [0.29, 0.717) is 57.7 Å². The standard InChI is InChI=1S/C19H17Cl2N3O3.C15H18ClN3O/c1-13-9-25-19(27-13,10-24-12-22-11-23-24)17-7-6-16(8-18(17)21)26-15-4-2-14(20)3-5-15;1-11(12-2-3-12)15(20,8-19-10-17-9-18-19)13-4-6-14(16)7-5-13/h2-8,11-13H,9-10H2,1H3;4-7,9-12,20H,2-3,8H2,1H3. The Hall–Kier alpha value is -3.51. The first kappa shape index (κ1) is 33.4. The largest absolute Gasteiger partial charge is 0.457 e. The second kappa shape index (κ2) is 14.3. The zero-order chi connectivity index (χ0) is 33.0. The molecule has 1 N–H and O–H groups in total. The fourth-order valence-electron chi connectivity index (χ4n) is 5.77. The number of nitrogens with zero attached hydrogens (tertiary/aromatic N) is 6. The number of aromatic nitrogens is 6. The van der Waals surface area contributed by atoms with Crippen molar-refractivity contribution in [2.45, 2.75) is 57.3 Å². The van der Waals surface area contributed by atoms with Gasteiger partial charge >= 0.3 is 0 Å². The summed E-state index contributed by atoms with van der Waals surface area (Å²) >= 11 is 18.4. The molecule has 2 fully saturated rings. The molecule has 10 nitrogen and oxygen atoms in total. The number of benzene rings is 3. The summed E-state index contributed by atoms with van der Waals surface area (Å²) < 4.78 is 21.3. The van der Waals surface area contributed by atoms with Crippen molar-refractivity contribution in [2.75, 3.05) is 6.61 Å². The number of aliphatic hydroxyl groups is 1. The van der Waals surface area contributed by atoms with Crippen LogP contribution in [0.15, 0.2) is 92.0 Å². The molecule has 2 aromatic heterocycles. The Morgan fingerprint density at radius 1 is 0.915 bits per heavy atom. The lowest BCUT2D eigenvalue weighted by Gasteiger charge is -2.35. The molecular weight excluding hydrogens is 663 g/mol. The van der Waals surface area contributed by atoms with Crippen LogP contribution in [-0.4, -0.2) is 47.3 Å². The Bertz CT molecular complexity index is 1740. The van der Waals surface area contributed by atoms with Crippen LogP contribution in [0.4, 0.5) is 0 Å². The van der Waals surface area contributed by atoms with Gasteiger partial charge in [-0.15, -0.1) is 0 Å². The van der Waals surface area contributed by atoms with Gasteiger partial charge < -0.3 is 19.3 Å². The molecule has 0 radical (unpaired) electrons. The number of halogens is 3. The Morgan fingerprint density at radius 3 is 2.09 bits per heavy atom. The van der Waals surface area contributed by atoms with Crippen LogP contribution in [0.25, 0.3) is 0 Å². The predicted octanol–water partition coefficient (Wildman–Crippen LogP) is 7.53. The number of rotatable bonds is 10. The Kier molecular flexibility index (Phi) is 10.2. The Balaban J connectivity index is 0.000000172. The highest BCUT2D eigenvalue weighted by Crippen LogP contribution is 2.46. The molecule has 47 heavy (non-hydrogen) atoms. The van der Waals surface area contributed by atoms with Gasteiger partial charge in [0.2, 0.25) is 5.79 Å². The summed E-state index contributed by atoms with van der Waals surface area (Å²) in [7, 11) is 0. The molecule has 1 aliphatic heterocycles. The van der Waals surface area contributed by atoms with Crippen LogP contribution in [0.3, 0.4) is 0 Å². The maximum atomic E-state index is 11.3. The van der Waals surface area contributed by atoms with Crippen molar-refractivity contribution in [1.29, 1.82) is 0 Å². The molecular formula is C34H35Cl3N6O4. The fraction of sp³-hybridized carbons (Fsp3) is 0.353. The van der Waals surface area contributed by atoms with E-state index in [0.717, 1.165) is 5.56 Å². The third-order valence-corrected chi connectivity index (χ3v) is 9.29. The summed E-state index contributed by atoms with van der Waals surface area (Å²) in [6, 6.07) is 20.0. The molecule has 1 saturated carbocycles. The highest BCUT2D eigenvalue weighted by Gasteiger charge is 2.45. The maximum absolute atomic E-state index is 11.3. The summed E-state index contributed by atoms with van der Waals surface area (Å²) in [6.07, 6.45) is 8.53. The normalized spacial score (nSPS) is 21.0. The van der Waals surface area contributed by atoms with E-state index >= 15 is 0 Å². The van der Waals surface area contributed by atoms with E-state index in [1.165, 1.54) is 25.5 Å². The Morgan fingerprint density at radius 2 is 1.53 bits per heavy atom. The van der Waals surface area contributed by atoms with Crippen LogP contribution < -0.4 is 4.74 Å². The first-order chi connectivity index (χ1) is 22.6. The highest BCUT2D eigenvalue weighted by molar-refractivity contribution is 6.31. The van der Waals surface area contributed by atoms with Gasteiger partial charge in [0.1, 0.15) is 49.0 Å². The monoisotopic (exact) mass is 696 g/mol. The van der Waals surface area contributed by atoms with Gasteiger partial charge in [-0.3, -0.25) is 0 Å². The van der Waals surface area contributed by atoms with E-state index in [1.807, 2.05) is 43.3 Å². The molecule has 0 spiro atoms. The zero-order valence-corrected chi connectivity index (χ0v) is 28.2. The lowest BCUT2D eigenvalue weighted by Crippen LogP contribution is -2.39. The van der Waals surface area contributed by atoms with Gasteiger partial charge in [0.05, 0.1) is 24.3 Å². The number of ether oxygens (including phenoxy) is 3. The fourth-order valence-corrected chi connectivity index (χ4v) is 6.34. The molecule has 5 aromatic rings. The molecule has 3 heterocycles. The van der Waals surface area contributed by atoms with Crippen LogP contribution in [-0.2, 0) is 34.0 Å². The van der Waals surface area contributed by atoms with Crippen LogP contribution in [0.5, 0.6) is 11.5 Å². The summed E-state index contributed by atoms with van der Waals surface area (Å²) in [6.45, 7) is 5.28. The quantitative estimate of drug-likeness (QED) is 0.160. The third-order valence-electron chi connectivity index (χ3n) is 8.48. The van der Waals surface area contributed by atoms with Gasteiger partial charge in [0.15, 0.2) is 0 Å². The van der Waals surface area contributed by atoms with Crippen molar-refractivity contribution < 1.29 is 19.3 Å². The summed E-state index contributed by atoms with van der Waals surface area (Å²) in [5, 5.41) is 21.4. The van der Waals surface area contributed by atoms with Gasteiger partial charge in [-0.1, -0.05) is 53.9 Å². The summed E-state index contributed by atoms with van der Waals surface area (Å²) in [5.74, 6) is 1.01. The van der Waals surface area contributed by atoms with Crippen molar-refractivity contribution in [3.05, 3.63) is 118 Å². The second-order valence-corrected chi connectivity index (χ2v) is 13.2. The first-order valence-electron chi connectivity index (χ1n) is 15.3. The van der Waals surface area contributed by atoms with Crippen LogP contribution >= 0.6 is 34.8 Å². The van der Waals surface area contributed by atoms with Crippen molar-refractivity contribution in [3.8, 4) is 11.5 Å². The highest BCUT2D eigenvalue weighted by atomic mass is 35.5. The second-order valence-electron chi connectivity index (χ2n) is 11.9. The van der Waals surface area contributed by atoms with Crippen LogP contribution in [0.2, 0.25) is 15.1 Å². The van der Waals surface area contributed by atoms with Crippen LogP contribution in [0, 0.1) is 11.8 Å². The van der Waals surface area contributed by atoms with E-state index in [9.17, 15) is 5.11 Å².